The molecule has 1 aromatic rings. The first-order valence-corrected chi connectivity index (χ1v) is 8.15. The van der Waals surface area contributed by atoms with E-state index in [0.29, 0.717) is 0 Å². The predicted octanol–water partition coefficient (Wildman–Crippen LogP) is 3.63. The molecule has 2 atom stereocenters. The van der Waals surface area contributed by atoms with Crippen LogP contribution >= 0.6 is 0 Å². The molecule has 4 rings (SSSR count). The SMILES string of the molecule is Cc1ccc(C23CCCCC2(C(=O)OC2CCC2)O3)cc1. The minimum Gasteiger partial charge on any atom is -0.460 e. The van der Waals surface area contributed by atoms with Crippen molar-refractivity contribution in [3.8, 4) is 0 Å². The molecular weight excluding hydrogens is 264 g/mol. The van der Waals surface area contributed by atoms with E-state index in [1.54, 1.807) is 0 Å². The molecule has 0 N–H and O–H groups in total. The average molecular weight is 286 g/mol. The normalized spacial score (nSPS) is 34.7. The van der Waals surface area contributed by atoms with Crippen LogP contribution in [0.1, 0.15) is 56.1 Å². The number of ether oxygens (including phenoxy) is 2. The van der Waals surface area contributed by atoms with Gasteiger partial charge in [-0.2, -0.15) is 0 Å². The van der Waals surface area contributed by atoms with Crippen LogP contribution in [-0.4, -0.2) is 17.7 Å². The fraction of sp³-hybridized carbons (Fsp3) is 0.611. The largest absolute Gasteiger partial charge is 0.460 e. The summed E-state index contributed by atoms with van der Waals surface area (Å²) in [7, 11) is 0. The van der Waals surface area contributed by atoms with Crippen molar-refractivity contribution in [2.45, 2.75) is 69.2 Å². The van der Waals surface area contributed by atoms with Crippen LogP contribution in [0.4, 0.5) is 0 Å². The van der Waals surface area contributed by atoms with E-state index < -0.39 is 11.2 Å². The maximum Gasteiger partial charge on any atom is 0.342 e. The third kappa shape index (κ3) is 1.87. The highest BCUT2D eigenvalue weighted by Gasteiger charge is 2.76. The summed E-state index contributed by atoms with van der Waals surface area (Å²) in [4.78, 5) is 12.7. The van der Waals surface area contributed by atoms with Gasteiger partial charge in [0.1, 0.15) is 11.7 Å². The maximum absolute atomic E-state index is 12.7. The van der Waals surface area contributed by atoms with Gasteiger partial charge >= 0.3 is 5.97 Å². The number of rotatable bonds is 3. The highest BCUT2D eigenvalue weighted by atomic mass is 16.7. The molecule has 0 bridgehead atoms. The van der Waals surface area contributed by atoms with E-state index in [1.807, 2.05) is 0 Å². The number of epoxide rings is 1. The fourth-order valence-electron chi connectivity index (χ4n) is 3.83. The zero-order valence-electron chi connectivity index (χ0n) is 12.6. The van der Waals surface area contributed by atoms with Gasteiger partial charge in [-0.15, -0.1) is 0 Å². The number of benzene rings is 1. The molecule has 112 valence electrons. The molecule has 1 saturated heterocycles. The average Bonchev–Trinajstić information content (AvgIpc) is 3.15. The van der Waals surface area contributed by atoms with Gasteiger partial charge in [-0.1, -0.05) is 29.8 Å². The van der Waals surface area contributed by atoms with Gasteiger partial charge in [0.25, 0.3) is 0 Å². The van der Waals surface area contributed by atoms with Crippen molar-refractivity contribution in [2.75, 3.05) is 0 Å². The first-order valence-electron chi connectivity index (χ1n) is 8.15. The second-order valence-corrected chi connectivity index (χ2v) is 6.79. The Kier molecular flexibility index (Phi) is 2.90. The highest BCUT2D eigenvalue weighted by molar-refractivity contribution is 5.86. The predicted molar refractivity (Wildman–Crippen MR) is 78.9 cm³/mol. The van der Waals surface area contributed by atoms with Gasteiger partial charge in [0.15, 0.2) is 5.60 Å². The second-order valence-electron chi connectivity index (χ2n) is 6.79. The molecular formula is C18H22O3. The molecule has 2 saturated carbocycles. The lowest BCUT2D eigenvalue weighted by atomic mass is 9.75. The van der Waals surface area contributed by atoms with Gasteiger partial charge in [0.05, 0.1) is 0 Å². The van der Waals surface area contributed by atoms with Gasteiger partial charge in [0, 0.05) is 0 Å². The summed E-state index contributed by atoms with van der Waals surface area (Å²) in [5.41, 5.74) is 1.25. The summed E-state index contributed by atoms with van der Waals surface area (Å²) >= 11 is 0. The Balaban J connectivity index is 1.61. The number of esters is 1. The zero-order chi connectivity index (χ0) is 14.5. The molecule has 3 heteroatoms. The smallest absolute Gasteiger partial charge is 0.342 e. The first kappa shape index (κ1) is 13.3. The van der Waals surface area contributed by atoms with Crippen LogP contribution in [0.25, 0.3) is 0 Å². The van der Waals surface area contributed by atoms with E-state index in [9.17, 15) is 4.79 Å². The number of aryl methyl sites for hydroxylation is 1. The Labute approximate surface area is 125 Å². The van der Waals surface area contributed by atoms with Crippen LogP contribution in [0, 0.1) is 6.92 Å². The lowest BCUT2D eigenvalue weighted by molar-refractivity contribution is -0.160. The molecule has 0 radical (unpaired) electrons. The van der Waals surface area contributed by atoms with Crippen molar-refractivity contribution < 1.29 is 14.3 Å². The summed E-state index contributed by atoms with van der Waals surface area (Å²) in [6.07, 6.45) is 7.23. The molecule has 1 aromatic carbocycles. The highest BCUT2D eigenvalue weighted by Crippen LogP contribution is 2.64. The standard InChI is InChI=1S/C18H22O3/c1-13-7-9-14(10-8-13)17-11-2-3-12-18(17,21-17)16(19)20-15-5-4-6-15/h7-10,15H,2-6,11-12H2,1H3. The van der Waals surface area contributed by atoms with Crippen LogP contribution in [0.15, 0.2) is 24.3 Å². The molecule has 0 amide bonds. The molecule has 3 aliphatic rings. The first-order chi connectivity index (χ1) is 10.2. The van der Waals surface area contributed by atoms with Gasteiger partial charge in [-0.05, 0) is 57.4 Å². The summed E-state index contributed by atoms with van der Waals surface area (Å²) in [5, 5.41) is 0. The number of carbonyl (C=O) groups is 1. The van der Waals surface area contributed by atoms with Gasteiger partial charge < -0.3 is 9.47 Å². The summed E-state index contributed by atoms with van der Waals surface area (Å²) < 4.78 is 11.8. The van der Waals surface area contributed by atoms with E-state index in [4.69, 9.17) is 9.47 Å². The van der Waals surface area contributed by atoms with Crippen molar-refractivity contribution in [3.63, 3.8) is 0 Å². The Morgan fingerprint density at radius 3 is 2.52 bits per heavy atom. The van der Waals surface area contributed by atoms with Crippen molar-refractivity contribution in [1.82, 2.24) is 0 Å². The molecule has 3 fully saturated rings. The summed E-state index contributed by atoms with van der Waals surface area (Å²) in [5.74, 6) is -0.118. The topological polar surface area (TPSA) is 38.8 Å². The number of fused-ring (bicyclic) bond motifs is 1. The monoisotopic (exact) mass is 286 g/mol. The zero-order valence-corrected chi connectivity index (χ0v) is 12.6. The van der Waals surface area contributed by atoms with E-state index in [2.05, 4.69) is 31.2 Å². The van der Waals surface area contributed by atoms with Crippen molar-refractivity contribution in [3.05, 3.63) is 35.4 Å². The third-order valence-corrected chi connectivity index (χ3v) is 5.44. The molecule has 21 heavy (non-hydrogen) atoms. The van der Waals surface area contributed by atoms with Crippen molar-refractivity contribution in [2.24, 2.45) is 0 Å². The number of hydrogen-bond acceptors (Lipinski definition) is 3. The van der Waals surface area contributed by atoms with Crippen LogP contribution in [0.5, 0.6) is 0 Å². The van der Waals surface area contributed by atoms with Crippen LogP contribution in [0.2, 0.25) is 0 Å². The third-order valence-electron chi connectivity index (χ3n) is 5.44. The van der Waals surface area contributed by atoms with Crippen molar-refractivity contribution in [1.29, 1.82) is 0 Å². The summed E-state index contributed by atoms with van der Waals surface area (Å²) in [6, 6.07) is 8.42. The van der Waals surface area contributed by atoms with E-state index >= 15 is 0 Å². The van der Waals surface area contributed by atoms with Gasteiger partial charge in [0.2, 0.25) is 0 Å². The molecule has 0 spiro atoms. The maximum atomic E-state index is 12.7. The van der Waals surface area contributed by atoms with Crippen LogP contribution in [0.3, 0.4) is 0 Å². The fourth-order valence-corrected chi connectivity index (χ4v) is 3.83. The Hall–Kier alpha value is -1.35. The quantitative estimate of drug-likeness (QED) is 0.629. The Morgan fingerprint density at radius 2 is 1.86 bits per heavy atom. The van der Waals surface area contributed by atoms with Gasteiger partial charge in [-0.3, -0.25) is 0 Å². The van der Waals surface area contributed by atoms with Crippen molar-refractivity contribution >= 4 is 5.97 Å². The van der Waals surface area contributed by atoms with Crippen LogP contribution in [-0.2, 0) is 19.9 Å². The molecule has 2 aliphatic carbocycles. The summed E-state index contributed by atoms with van der Waals surface area (Å²) in [6.45, 7) is 2.08. The minimum atomic E-state index is -0.698. The Bertz CT molecular complexity index is 560. The van der Waals surface area contributed by atoms with E-state index in [1.165, 1.54) is 12.0 Å². The van der Waals surface area contributed by atoms with Gasteiger partial charge in [-0.25, -0.2) is 4.79 Å². The molecule has 2 unspecified atom stereocenters. The van der Waals surface area contributed by atoms with E-state index in [0.717, 1.165) is 44.1 Å². The molecule has 3 nitrogen and oxygen atoms in total. The van der Waals surface area contributed by atoms with Crippen LogP contribution < -0.4 is 0 Å². The number of carbonyl (C=O) groups excluding carboxylic acids is 1. The minimum absolute atomic E-state index is 0.118. The van der Waals surface area contributed by atoms with E-state index in [-0.39, 0.29) is 12.1 Å². The lowest BCUT2D eigenvalue weighted by Crippen LogP contribution is -2.40. The second kappa shape index (κ2) is 4.57. The molecule has 1 heterocycles. The molecule has 1 aliphatic heterocycles. The lowest BCUT2D eigenvalue weighted by Gasteiger charge is -2.29. The molecule has 0 aromatic heterocycles. The Morgan fingerprint density at radius 1 is 1.14 bits per heavy atom. The number of hydrogen-bond donors (Lipinski definition) is 0.